The molecule has 1 heterocycles. The smallest absolute Gasteiger partial charge is 0.255 e. The van der Waals surface area contributed by atoms with Gasteiger partial charge in [0.1, 0.15) is 0 Å². The van der Waals surface area contributed by atoms with Crippen LogP contribution < -0.4 is 10.2 Å². The number of nitrogens with one attached hydrogen (secondary N) is 1. The van der Waals surface area contributed by atoms with Gasteiger partial charge in [-0.2, -0.15) is 0 Å². The average Bonchev–Trinajstić information content (AvgIpc) is 3.05. The Bertz CT molecular complexity index is 756. The Hall–Kier alpha value is -2.29. The lowest BCUT2D eigenvalue weighted by Gasteiger charge is -2.26. The van der Waals surface area contributed by atoms with Crippen molar-refractivity contribution >= 4 is 17.3 Å². The molecule has 1 N–H and O–H groups in total. The molecule has 0 atom stereocenters. The fourth-order valence-electron chi connectivity index (χ4n) is 3.69. The highest BCUT2D eigenvalue weighted by molar-refractivity contribution is 6.05. The third kappa shape index (κ3) is 3.16. The van der Waals surface area contributed by atoms with E-state index in [4.69, 9.17) is 0 Å². The van der Waals surface area contributed by atoms with E-state index in [9.17, 15) is 4.79 Å². The summed E-state index contributed by atoms with van der Waals surface area (Å²) < 4.78 is 0. The normalized spacial score (nSPS) is 14.1. The van der Waals surface area contributed by atoms with Crippen molar-refractivity contribution < 1.29 is 4.79 Å². The first kappa shape index (κ1) is 16.6. The molecule has 3 rings (SSSR count). The maximum absolute atomic E-state index is 12.6. The highest BCUT2D eigenvalue weighted by Crippen LogP contribution is 2.35. The Balaban J connectivity index is 1.93. The molecule has 0 saturated carbocycles. The molecule has 0 aliphatic carbocycles. The Morgan fingerprint density at radius 3 is 2.21 bits per heavy atom. The molecule has 24 heavy (non-hydrogen) atoms. The van der Waals surface area contributed by atoms with Crippen molar-refractivity contribution in [2.24, 2.45) is 0 Å². The first-order valence-corrected chi connectivity index (χ1v) is 8.71. The topological polar surface area (TPSA) is 32.3 Å². The highest BCUT2D eigenvalue weighted by Gasteiger charge is 2.20. The Morgan fingerprint density at radius 2 is 1.58 bits per heavy atom. The summed E-state index contributed by atoms with van der Waals surface area (Å²) in [6.07, 6.45) is 2.50. The van der Waals surface area contributed by atoms with E-state index in [1.54, 1.807) is 0 Å². The lowest BCUT2D eigenvalue weighted by atomic mass is 10.0. The van der Waals surface area contributed by atoms with Crippen LogP contribution in [0, 0.1) is 27.7 Å². The van der Waals surface area contributed by atoms with Crippen molar-refractivity contribution in [3.05, 3.63) is 58.1 Å². The maximum Gasteiger partial charge on any atom is 0.255 e. The minimum absolute atomic E-state index is 0.0441. The van der Waals surface area contributed by atoms with Crippen molar-refractivity contribution in [2.45, 2.75) is 40.5 Å². The third-order valence-electron chi connectivity index (χ3n) is 4.91. The minimum Gasteiger partial charge on any atom is -0.371 e. The maximum atomic E-state index is 12.6. The molecule has 3 nitrogen and oxygen atoms in total. The van der Waals surface area contributed by atoms with Crippen LogP contribution in [-0.2, 0) is 0 Å². The molecule has 1 aliphatic rings. The van der Waals surface area contributed by atoms with Crippen LogP contribution in [0.3, 0.4) is 0 Å². The first-order valence-electron chi connectivity index (χ1n) is 8.71. The lowest BCUT2D eigenvalue weighted by Crippen LogP contribution is -2.22. The number of nitrogens with zero attached hydrogens (tertiary/aromatic N) is 1. The van der Waals surface area contributed by atoms with Gasteiger partial charge in [-0.3, -0.25) is 4.79 Å². The van der Waals surface area contributed by atoms with Crippen molar-refractivity contribution in [3.63, 3.8) is 0 Å². The molecule has 1 fully saturated rings. The lowest BCUT2D eigenvalue weighted by molar-refractivity contribution is 0.102. The number of rotatable bonds is 3. The summed E-state index contributed by atoms with van der Waals surface area (Å²) in [6.45, 7) is 10.6. The third-order valence-corrected chi connectivity index (χ3v) is 4.91. The number of hydrogen-bond donors (Lipinski definition) is 1. The van der Waals surface area contributed by atoms with Crippen LogP contribution in [0.15, 0.2) is 30.3 Å². The summed E-state index contributed by atoms with van der Waals surface area (Å²) in [5, 5.41) is 3.14. The standard InChI is InChI=1S/C21H26N2O/c1-14-7-9-18(10-8-14)21(24)22-19-15(2)13-16(3)20(17(19)4)23-11-5-6-12-23/h7-10,13H,5-6,11-12H2,1-4H3,(H,22,24). The van der Waals surface area contributed by atoms with E-state index in [1.165, 1.54) is 29.7 Å². The van der Waals surface area contributed by atoms with Crippen LogP contribution in [0.25, 0.3) is 0 Å². The fraction of sp³-hybridized carbons (Fsp3) is 0.381. The molecule has 0 aromatic heterocycles. The Kier molecular flexibility index (Phi) is 4.61. The summed E-state index contributed by atoms with van der Waals surface area (Å²) in [7, 11) is 0. The molecule has 0 spiro atoms. The van der Waals surface area contributed by atoms with Crippen LogP contribution in [0.1, 0.15) is 45.5 Å². The summed E-state index contributed by atoms with van der Waals surface area (Å²) in [6, 6.07) is 9.89. The quantitative estimate of drug-likeness (QED) is 0.882. The number of anilines is 2. The molecule has 2 aromatic carbocycles. The zero-order chi connectivity index (χ0) is 17.3. The monoisotopic (exact) mass is 322 g/mol. The molecular formula is C21H26N2O. The van der Waals surface area contributed by atoms with Crippen LogP contribution in [0.4, 0.5) is 11.4 Å². The summed E-state index contributed by atoms with van der Waals surface area (Å²) in [5.74, 6) is -0.0441. The number of hydrogen-bond acceptors (Lipinski definition) is 2. The van der Waals surface area contributed by atoms with E-state index in [1.807, 2.05) is 31.2 Å². The summed E-state index contributed by atoms with van der Waals surface area (Å²) in [4.78, 5) is 15.1. The molecule has 0 radical (unpaired) electrons. The number of carbonyl (C=O) groups is 1. The van der Waals surface area contributed by atoms with Gasteiger partial charge in [-0.25, -0.2) is 0 Å². The summed E-state index contributed by atoms with van der Waals surface area (Å²) >= 11 is 0. The van der Waals surface area contributed by atoms with E-state index in [0.717, 1.165) is 29.9 Å². The second kappa shape index (κ2) is 6.68. The van der Waals surface area contributed by atoms with E-state index < -0.39 is 0 Å². The SMILES string of the molecule is Cc1ccc(C(=O)Nc2c(C)cc(C)c(N3CCCC3)c2C)cc1. The van der Waals surface area contributed by atoms with Gasteiger partial charge in [0, 0.05) is 30.0 Å². The largest absolute Gasteiger partial charge is 0.371 e. The second-order valence-electron chi connectivity index (χ2n) is 6.87. The van der Waals surface area contributed by atoms with Crippen LogP contribution in [0.5, 0.6) is 0 Å². The van der Waals surface area contributed by atoms with Crippen molar-refractivity contribution in [2.75, 3.05) is 23.3 Å². The van der Waals surface area contributed by atoms with Gasteiger partial charge in [0.15, 0.2) is 0 Å². The van der Waals surface area contributed by atoms with E-state index in [2.05, 4.69) is 37.1 Å². The van der Waals surface area contributed by atoms with E-state index >= 15 is 0 Å². The Morgan fingerprint density at radius 1 is 0.958 bits per heavy atom. The van der Waals surface area contributed by atoms with Crippen molar-refractivity contribution in [3.8, 4) is 0 Å². The van der Waals surface area contributed by atoms with Gasteiger partial charge in [0.2, 0.25) is 0 Å². The zero-order valence-corrected chi connectivity index (χ0v) is 15.1. The molecule has 1 saturated heterocycles. The van der Waals surface area contributed by atoms with Gasteiger partial charge in [-0.1, -0.05) is 23.8 Å². The van der Waals surface area contributed by atoms with Gasteiger partial charge in [0.25, 0.3) is 5.91 Å². The van der Waals surface area contributed by atoms with E-state index in [0.29, 0.717) is 5.56 Å². The van der Waals surface area contributed by atoms with Crippen LogP contribution >= 0.6 is 0 Å². The average molecular weight is 322 g/mol. The number of benzene rings is 2. The first-order chi connectivity index (χ1) is 11.5. The number of carbonyl (C=O) groups excluding carboxylic acids is 1. The predicted octanol–water partition coefficient (Wildman–Crippen LogP) is 4.77. The molecule has 0 unspecified atom stereocenters. The summed E-state index contributed by atoms with van der Waals surface area (Å²) in [5.41, 5.74) is 7.68. The van der Waals surface area contributed by atoms with Crippen LogP contribution in [0.2, 0.25) is 0 Å². The molecule has 1 amide bonds. The zero-order valence-electron chi connectivity index (χ0n) is 15.1. The Labute approximate surface area is 144 Å². The molecule has 126 valence electrons. The fourth-order valence-corrected chi connectivity index (χ4v) is 3.69. The molecule has 1 aliphatic heterocycles. The molecule has 3 heteroatoms. The van der Waals surface area contributed by atoms with Gasteiger partial charge in [-0.05, 0) is 69.4 Å². The highest BCUT2D eigenvalue weighted by atomic mass is 16.1. The van der Waals surface area contributed by atoms with Gasteiger partial charge in [0.05, 0.1) is 0 Å². The van der Waals surface area contributed by atoms with Gasteiger partial charge < -0.3 is 10.2 Å². The van der Waals surface area contributed by atoms with Crippen LogP contribution in [-0.4, -0.2) is 19.0 Å². The van der Waals surface area contributed by atoms with Gasteiger partial charge >= 0.3 is 0 Å². The van der Waals surface area contributed by atoms with Crippen molar-refractivity contribution in [1.82, 2.24) is 0 Å². The second-order valence-corrected chi connectivity index (χ2v) is 6.87. The minimum atomic E-state index is -0.0441. The number of amides is 1. The van der Waals surface area contributed by atoms with Gasteiger partial charge in [-0.15, -0.1) is 0 Å². The molecule has 0 bridgehead atoms. The van der Waals surface area contributed by atoms with Crippen molar-refractivity contribution in [1.29, 1.82) is 0 Å². The molecule has 2 aromatic rings. The predicted molar refractivity (Wildman–Crippen MR) is 101 cm³/mol. The van der Waals surface area contributed by atoms with E-state index in [-0.39, 0.29) is 5.91 Å². The number of aryl methyl sites for hydroxylation is 3. The molecular weight excluding hydrogens is 296 g/mol.